The van der Waals surface area contributed by atoms with Crippen LogP contribution in [0.3, 0.4) is 0 Å². The molecule has 80 valence electrons. The van der Waals surface area contributed by atoms with Gasteiger partial charge in [0.1, 0.15) is 0 Å². The number of hydrogen-bond acceptors (Lipinski definition) is 3. The summed E-state index contributed by atoms with van der Waals surface area (Å²) in [5.41, 5.74) is 7.45. The Bertz CT molecular complexity index is 399. The Morgan fingerprint density at radius 2 is 2.00 bits per heavy atom. The number of benzene rings is 1. The molecule has 0 aliphatic rings. The normalized spacial score (nSPS) is 9.93. The van der Waals surface area contributed by atoms with Crippen molar-refractivity contribution in [2.75, 3.05) is 5.73 Å². The smallest absolute Gasteiger partial charge is 0.303 e. The van der Waals surface area contributed by atoms with E-state index in [0.717, 1.165) is 5.56 Å². The quantitative estimate of drug-likeness (QED) is 0.580. The molecular formula is C11H13NO3. The Balaban J connectivity index is 2.78. The molecule has 0 heterocycles. The first kappa shape index (κ1) is 11.2. The molecule has 15 heavy (non-hydrogen) atoms. The van der Waals surface area contributed by atoms with E-state index in [1.165, 1.54) is 0 Å². The van der Waals surface area contributed by atoms with Crippen LogP contribution in [0.1, 0.15) is 28.8 Å². The third-order valence-electron chi connectivity index (χ3n) is 2.07. The number of carboxylic acids is 1. The molecule has 0 aliphatic carbocycles. The molecule has 0 atom stereocenters. The van der Waals surface area contributed by atoms with E-state index >= 15 is 0 Å². The Hall–Kier alpha value is -1.84. The minimum atomic E-state index is -0.978. The SMILES string of the molecule is Cc1ccc(C(=O)CCC(=O)O)c(N)c1. The molecule has 0 radical (unpaired) electrons. The molecule has 0 unspecified atom stereocenters. The molecule has 0 saturated heterocycles. The Labute approximate surface area is 87.7 Å². The zero-order chi connectivity index (χ0) is 11.4. The van der Waals surface area contributed by atoms with E-state index in [1.54, 1.807) is 18.2 Å². The van der Waals surface area contributed by atoms with Crippen molar-refractivity contribution in [3.05, 3.63) is 29.3 Å². The van der Waals surface area contributed by atoms with Gasteiger partial charge in [-0.15, -0.1) is 0 Å². The Morgan fingerprint density at radius 1 is 1.33 bits per heavy atom. The summed E-state index contributed by atoms with van der Waals surface area (Å²) in [7, 11) is 0. The molecule has 1 rings (SSSR count). The van der Waals surface area contributed by atoms with Crippen molar-refractivity contribution in [3.63, 3.8) is 0 Å². The van der Waals surface area contributed by atoms with Gasteiger partial charge in [-0.1, -0.05) is 6.07 Å². The topological polar surface area (TPSA) is 80.4 Å². The average Bonchev–Trinajstić information content (AvgIpc) is 2.14. The van der Waals surface area contributed by atoms with Crippen molar-refractivity contribution in [2.45, 2.75) is 19.8 Å². The van der Waals surface area contributed by atoms with Crippen molar-refractivity contribution >= 4 is 17.4 Å². The number of aryl methyl sites for hydroxylation is 1. The summed E-state index contributed by atoms with van der Waals surface area (Å²) in [6.45, 7) is 1.88. The van der Waals surface area contributed by atoms with E-state index < -0.39 is 5.97 Å². The molecule has 1 aromatic carbocycles. The first-order chi connectivity index (χ1) is 7.00. The van der Waals surface area contributed by atoms with Crippen LogP contribution >= 0.6 is 0 Å². The van der Waals surface area contributed by atoms with Gasteiger partial charge in [0.05, 0.1) is 6.42 Å². The molecule has 1 aromatic rings. The van der Waals surface area contributed by atoms with Crippen LogP contribution in [0.2, 0.25) is 0 Å². The number of carbonyl (C=O) groups is 2. The molecule has 0 saturated carbocycles. The summed E-state index contributed by atoms with van der Waals surface area (Å²) >= 11 is 0. The van der Waals surface area contributed by atoms with Crippen molar-refractivity contribution < 1.29 is 14.7 Å². The number of aliphatic carboxylic acids is 1. The van der Waals surface area contributed by atoms with Gasteiger partial charge in [-0.25, -0.2) is 0 Å². The predicted octanol–water partition coefficient (Wildman–Crippen LogP) is 1.62. The standard InChI is InChI=1S/C11H13NO3/c1-7-2-3-8(9(12)6-7)10(13)4-5-11(14)15/h2-3,6H,4-5,12H2,1H3,(H,14,15). The molecule has 0 amide bonds. The lowest BCUT2D eigenvalue weighted by Gasteiger charge is -2.04. The van der Waals surface area contributed by atoms with Crippen LogP contribution in [0.4, 0.5) is 5.69 Å². The van der Waals surface area contributed by atoms with Gasteiger partial charge in [-0.3, -0.25) is 9.59 Å². The first-order valence-corrected chi connectivity index (χ1v) is 4.62. The van der Waals surface area contributed by atoms with E-state index in [2.05, 4.69) is 0 Å². The summed E-state index contributed by atoms with van der Waals surface area (Å²) in [6, 6.07) is 5.12. The third-order valence-corrected chi connectivity index (χ3v) is 2.07. The van der Waals surface area contributed by atoms with Crippen LogP contribution in [0, 0.1) is 6.92 Å². The van der Waals surface area contributed by atoms with Crippen LogP contribution in [-0.2, 0) is 4.79 Å². The van der Waals surface area contributed by atoms with Gasteiger partial charge in [0.2, 0.25) is 0 Å². The molecule has 0 spiro atoms. The lowest BCUT2D eigenvalue weighted by atomic mass is 10.0. The number of nitrogen functional groups attached to an aromatic ring is 1. The molecule has 0 fully saturated rings. The van der Waals surface area contributed by atoms with Gasteiger partial charge in [-0.05, 0) is 24.6 Å². The third kappa shape index (κ3) is 3.09. The van der Waals surface area contributed by atoms with Gasteiger partial charge in [0.25, 0.3) is 0 Å². The number of carboxylic acid groups (broad SMARTS) is 1. The predicted molar refractivity (Wildman–Crippen MR) is 56.8 cm³/mol. The van der Waals surface area contributed by atoms with Crippen molar-refractivity contribution in [2.24, 2.45) is 0 Å². The van der Waals surface area contributed by atoms with Crippen LogP contribution in [0.15, 0.2) is 18.2 Å². The first-order valence-electron chi connectivity index (χ1n) is 4.62. The van der Waals surface area contributed by atoms with Gasteiger partial charge in [0, 0.05) is 17.7 Å². The van der Waals surface area contributed by atoms with Gasteiger partial charge in [0.15, 0.2) is 5.78 Å². The van der Waals surface area contributed by atoms with Crippen LogP contribution < -0.4 is 5.73 Å². The van der Waals surface area contributed by atoms with Crippen molar-refractivity contribution in [1.82, 2.24) is 0 Å². The molecule has 0 bridgehead atoms. The minimum Gasteiger partial charge on any atom is -0.481 e. The fourth-order valence-electron chi connectivity index (χ4n) is 1.29. The maximum absolute atomic E-state index is 11.5. The molecule has 4 nitrogen and oxygen atoms in total. The monoisotopic (exact) mass is 207 g/mol. The zero-order valence-corrected chi connectivity index (χ0v) is 8.49. The largest absolute Gasteiger partial charge is 0.481 e. The van der Waals surface area contributed by atoms with E-state index in [-0.39, 0.29) is 18.6 Å². The molecular weight excluding hydrogens is 194 g/mol. The summed E-state index contributed by atoms with van der Waals surface area (Å²) < 4.78 is 0. The van der Waals surface area contributed by atoms with Crippen molar-refractivity contribution in [3.8, 4) is 0 Å². The van der Waals surface area contributed by atoms with E-state index in [4.69, 9.17) is 10.8 Å². The second-order valence-corrected chi connectivity index (χ2v) is 3.41. The number of carbonyl (C=O) groups excluding carboxylic acids is 1. The van der Waals surface area contributed by atoms with Crippen LogP contribution in [0.5, 0.6) is 0 Å². The second kappa shape index (κ2) is 4.59. The summed E-state index contributed by atoms with van der Waals surface area (Å²) in [4.78, 5) is 21.8. The zero-order valence-electron chi connectivity index (χ0n) is 8.49. The number of anilines is 1. The molecule has 0 aliphatic heterocycles. The summed E-state index contributed by atoms with van der Waals surface area (Å²) in [5, 5.41) is 8.44. The molecule has 3 N–H and O–H groups in total. The lowest BCUT2D eigenvalue weighted by molar-refractivity contribution is -0.136. The second-order valence-electron chi connectivity index (χ2n) is 3.41. The summed E-state index contributed by atoms with van der Waals surface area (Å²) in [5.74, 6) is -1.20. The van der Waals surface area contributed by atoms with Crippen molar-refractivity contribution in [1.29, 1.82) is 0 Å². The Kier molecular flexibility index (Phi) is 3.44. The van der Waals surface area contributed by atoms with Crippen LogP contribution in [-0.4, -0.2) is 16.9 Å². The summed E-state index contributed by atoms with van der Waals surface area (Å²) in [6.07, 6.45) is -0.172. The minimum absolute atomic E-state index is 0.0113. The fourth-order valence-corrected chi connectivity index (χ4v) is 1.29. The molecule has 4 heteroatoms. The van der Waals surface area contributed by atoms with Gasteiger partial charge in [-0.2, -0.15) is 0 Å². The van der Waals surface area contributed by atoms with Gasteiger partial charge < -0.3 is 10.8 Å². The fraction of sp³-hybridized carbons (Fsp3) is 0.273. The molecule has 0 aromatic heterocycles. The van der Waals surface area contributed by atoms with E-state index in [0.29, 0.717) is 11.3 Å². The maximum Gasteiger partial charge on any atom is 0.303 e. The number of nitrogens with two attached hydrogens (primary N) is 1. The number of Topliss-reactive ketones (excluding diaryl/α,β-unsaturated/α-hetero) is 1. The highest BCUT2D eigenvalue weighted by atomic mass is 16.4. The maximum atomic E-state index is 11.5. The average molecular weight is 207 g/mol. The number of ketones is 1. The number of rotatable bonds is 4. The highest BCUT2D eigenvalue weighted by Gasteiger charge is 2.11. The van der Waals surface area contributed by atoms with E-state index in [1.807, 2.05) is 6.92 Å². The van der Waals surface area contributed by atoms with Crippen LogP contribution in [0.25, 0.3) is 0 Å². The van der Waals surface area contributed by atoms with E-state index in [9.17, 15) is 9.59 Å². The Morgan fingerprint density at radius 3 is 2.53 bits per heavy atom. The highest BCUT2D eigenvalue weighted by Crippen LogP contribution is 2.16. The number of hydrogen-bond donors (Lipinski definition) is 2. The highest BCUT2D eigenvalue weighted by molar-refractivity contribution is 6.01. The van der Waals surface area contributed by atoms with Gasteiger partial charge >= 0.3 is 5.97 Å². The lowest BCUT2D eigenvalue weighted by Crippen LogP contribution is -2.06.